The van der Waals surface area contributed by atoms with Crippen LogP contribution >= 0.6 is 0 Å². The van der Waals surface area contributed by atoms with E-state index in [1.807, 2.05) is 44.2 Å². The molecule has 18 heavy (non-hydrogen) atoms. The summed E-state index contributed by atoms with van der Waals surface area (Å²) in [7, 11) is 0. The lowest BCUT2D eigenvalue weighted by Gasteiger charge is -2.24. The molecule has 3 nitrogen and oxygen atoms in total. The van der Waals surface area contributed by atoms with E-state index in [0.29, 0.717) is 13.0 Å². The Morgan fingerprint density at radius 2 is 2.11 bits per heavy atom. The zero-order chi connectivity index (χ0) is 13.4. The molecule has 1 unspecified atom stereocenters. The predicted octanol–water partition coefficient (Wildman–Crippen LogP) is 3.23. The lowest BCUT2D eigenvalue weighted by molar-refractivity contribution is -0.144. The van der Waals surface area contributed by atoms with Crippen LogP contribution in [0.4, 0.5) is 0 Å². The second kappa shape index (κ2) is 6.97. The molecular formula is C15H21NO2. The highest BCUT2D eigenvalue weighted by Gasteiger charge is 2.29. The molecule has 0 fully saturated rings. The number of hydroxylamine groups is 1. The standard InChI is InChI=1S/C15H21NO2/c1-4-11-15(3,5-2)14(17)16-18-12-13-9-7-6-8-10-13/h4,6-10H,1,5,11-12H2,2-3H3,(H,16,17). The van der Waals surface area contributed by atoms with Gasteiger partial charge in [0.2, 0.25) is 5.91 Å². The SMILES string of the molecule is C=CCC(C)(CC)C(=O)NOCc1ccccc1. The van der Waals surface area contributed by atoms with Crippen molar-refractivity contribution in [2.75, 3.05) is 0 Å². The van der Waals surface area contributed by atoms with E-state index < -0.39 is 5.41 Å². The van der Waals surface area contributed by atoms with Crippen molar-refractivity contribution in [2.24, 2.45) is 5.41 Å². The summed E-state index contributed by atoms with van der Waals surface area (Å²) < 4.78 is 0. The van der Waals surface area contributed by atoms with Gasteiger partial charge in [-0.05, 0) is 18.4 Å². The van der Waals surface area contributed by atoms with Crippen LogP contribution in [0.5, 0.6) is 0 Å². The lowest BCUT2D eigenvalue weighted by Crippen LogP contribution is -2.38. The summed E-state index contributed by atoms with van der Waals surface area (Å²) in [6.07, 6.45) is 3.16. The van der Waals surface area contributed by atoms with Crippen molar-refractivity contribution in [3.8, 4) is 0 Å². The third kappa shape index (κ3) is 4.00. The number of nitrogens with one attached hydrogen (secondary N) is 1. The van der Waals surface area contributed by atoms with Crippen LogP contribution in [0.1, 0.15) is 32.3 Å². The van der Waals surface area contributed by atoms with Crippen LogP contribution in [-0.2, 0) is 16.2 Å². The van der Waals surface area contributed by atoms with E-state index in [1.54, 1.807) is 6.08 Å². The fourth-order valence-electron chi connectivity index (χ4n) is 1.60. The minimum absolute atomic E-state index is 0.0965. The zero-order valence-corrected chi connectivity index (χ0v) is 11.1. The average molecular weight is 247 g/mol. The molecular weight excluding hydrogens is 226 g/mol. The van der Waals surface area contributed by atoms with Crippen LogP contribution in [0.15, 0.2) is 43.0 Å². The van der Waals surface area contributed by atoms with Gasteiger partial charge in [-0.15, -0.1) is 6.58 Å². The fourth-order valence-corrected chi connectivity index (χ4v) is 1.60. The summed E-state index contributed by atoms with van der Waals surface area (Å²) in [6, 6.07) is 9.73. The number of amides is 1. The summed E-state index contributed by atoms with van der Waals surface area (Å²) in [4.78, 5) is 17.2. The van der Waals surface area contributed by atoms with Crippen molar-refractivity contribution in [2.45, 2.75) is 33.3 Å². The first-order valence-electron chi connectivity index (χ1n) is 6.19. The molecule has 1 N–H and O–H groups in total. The number of carbonyl (C=O) groups excluding carboxylic acids is 1. The normalized spacial score (nSPS) is 13.7. The van der Waals surface area contributed by atoms with Crippen molar-refractivity contribution in [3.63, 3.8) is 0 Å². The summed E-state index contributed by atoms with van der Waals surface area (Å²) in [5.74, 6) is -0.0965. The van der Waals surface area contributed by atoms with E-state index in [9.17, 15) is 4.79 Å². The van der Waals surface area contributed by atoms with E-state index >= 15 is 0 Å². The molecule has 0 spiro atoms. The van der Waals surface area contributed by atoms with Crippen LogP contribution in [0.2, 0.25) is 0 Å². The van der Waals surface area contributed by atoms with Gasteiger partial charge in [-0.1, -0.05) is 50.3 Å². The number of benzene rings is 1. The number of hydrogen-bond donors (Lipinski definition) is 1. The maximum Gasteiger partial charge on any atom is 0.249 e. The van der Waals surface area contributed by atoms with Crippen molar-refractivity contribution < 1.29 is 9.63 Å². The van der Waals surface area contributed by atoms with Crippen molar-refractivity contribution >= 4 is 5.91 Å². The minimum atomic E-state index is -0.446. The van der Waals surface area contributed by atoms with Gasteiger partial charge in [-0.2, -0.15) is 0 Å². The first kappa shape index (κ1) is 14.5. The van der Waals surface area contributed by atoms with Gasteiger partial charge in [-0.25, -0.2) is 5.48 Å². The molecule has 0 aliphatic rings. The Kier molecular flexibility index (Phi) is 5.59. The molecule has 0 aromatic heterocycles. The number of allylic oxidation sites excluding steroid dienone is 1. The quantitative estimate of drug-likeness (QED) is 0.593. The Morgan fingerprint density at radius 3 is 2.67 bits per heavy atom. The van der Waals surface area contributed by atoms with Gasteiger partial charge in [0.15, 0.2) is 0 Å². The zero-order valence-electron chi connectivity index (χ0n) is 11.1. The molecule has 0 aliphatic heterocycles. The van der Waals surface area contributed by atoms with E-state index in [4.69, 9.17) is 4.84 Å². The van der Waals surface area contributed by atoms with E-state index in [1.165, 1.54) is 0 Å². The molecule has 0 heterocycles. The summed E-state index contributed by atoms with van der Waals surface area (Å²) in [5, 5.41) is 0. The fraction of sp³-hybridized carbons (Fsp3) is 0.400. The molecule has 3 heteroatoms. The van der Waals surface area contributed by atoms with Gasteiger partial charge in [-0.3, -0.25) is 9.63 Å². The molecule has 0 saturated carbocycles. The van der Waals surface area contributed by atoms with Crippen LogP contribution in [0, 0.1) is 5.41 Å². The highest BCUT2D eigenvalue weighted by Crippen LogP contribution is 2.26. The number of rotatable bonds is 7. The lowest BCUT2D eigenvalue weighted by atomic mass is 9.83. The van der Waals surface area contributed by atoms with Gasteiger partial charge in [0.05, 0.1) is 12.0 Å². The number of carbonyl (C=O) groups is 1. The summed E-state index contributed by atoms with van der Waals surface area (Å²) in [6.45, 7) is 7.96. The van der Waals surface area contributed by atoms with Crippen LogP contribution < -0.4 is 5.48 Å². The summed E-state index contributed by atoms with van der Waals surface area (Å²) in [5.41, 5.74) is 3.10. The van der Waals surface area contributed by atoms with Gasteiger partial charge in [0, 0.05) is 0 Å². The Hall–Kier alpha value is -1.61. The molecule has 1 amide bonds. The first-order chi connectivity index (χ1) is 8.62. The Labute approximate surface area is 109 Å². The number of hydrogen-bond acceptors (Lipinski definition) is 2. The van der Waals surface area contributed by atoms with Gasteiger partial charge < -0.3 is 0 Å². The third-order valence-corrected chi connectivity index (χ3v) is 3.17. The molecule has 0 saturated heterocycles. The van der Waals surface area contributed by atoms with Crippen LogP contribution in [-0.4, -0.2) is 5.91 Å². The molecule has 1 rings (SSSR count). The molecule has 0 bridgehead atoms. The van der Waals surface area contributed by atoms with Crippen molar-refractivity contribution in [1.29, 1.82) is 0 Å². The van der Waals surface area contributed by atoms with Gasteiger partial charge in [0.25, 0.3) is 0 Å². The topological polar surface area (TPSA) is 38.3 Å². The molecule has 1 atom stereocenters. The van der Waals surface area contributed by atoms with E-state index in [2.05, 4.69) is 12.1 Å². The van der Waals surface area contributed by atoms with Crippen LogP contribution in [0.3, 0.4) is 0 Å². The monoisotopic (exact) mass is 247 g/mol. The van der Waals surface area contributed by atoms with E-state index in [0.717, 1.165) is 12.0 Å². The minimum Gasteiger partial charge on any atom is -0.272 e. The third-order valence-electron chi connectivity index (χ3n) is 3.17. The highest BCUT2D eigenvalue weighted by molar-refractivity contribution is 5.81. The highest BCUT2D eigenvalue weighted by atomic mass is 16.6. The second-order valence-corrected chi connectivity index (χ2v) is 4.61. The Balaban J connectivity index is 2.43. The largest absolute Gasteiger partial charge is 0.272 e. The molecule has 1 aromatic carbocycles. The first-order valence-corrected chi connectivity index (χ1v) is 6.19. The Bertz CT molecular complexity index is 389. The molecule has 1 aromatic rings. The molecule has 0 aliphatic carbocycles. The Morgan fingerprint density at radius 1 is 1.44 bits per heavy atom. The molecule has 98 valence electrons. The van der Waals surface area contributed by atoms with Crippen molar-refractivity contribution in [3.05, 3.63) is 48.6 Å². The summed E-state index contributed by atoms with van der Waals surface area (Å²) >= 11 is 0. The average Bonchev–Trinajstić information content (AvgIpc) is 2.40. The predicted molar refractivity (Wildman–Crippen MR) is 72.6 cm³/mol. The smallest absolute Gasteiger partial charge is 0.249 e. The van der Waals surface area contributed by atoms with E-state index in [-0.39, 0.29) is 5.91 Å². The second-order valence-electron chi connectivity index (χ2n) is 4.61. The van der Waals surface area contributed by atoms with Gasteiger partial charge in [0.1, 0.15) is 0 Å². The van der Waals surface area contributed by atoms with Crippen molar-refractivity contribution in [1.82, 2.24) is 5.48 Å². The van der Waals surface area contributed by atoms with Gasteiger partial charge >= 0.3 is 0 Å². The van der Waals surface area contributed by atoms with Crippen LogP contribution in [0.25, 0.3) is 0 Å². The maximum atomic E-state index is 12.0. The maximum absolute atomic E-state index is 12.0. The molecule has 0 radical (unpaired) electrons.